The molecule has 1 saturated heterocycles. The summed E-state index contributed by atoms with van der Waals surface area (Å²) in [7, 11) is 3.17. The molecule has 1 fully saturated rings. The van der Waals surface area contributed by atoms with Gasteiger partial charge in [-0.25, -0.2) is 0 Å². The van der Waals surface area contributed by atoms with Crippen LogP contribution in [-0.2, 0) is 0 Å². The van der Waals surface area contributed by atoms with Crippen molar-refractivity contribution in [3.63, 3.8) is 0 Å². The zero-order valence-corrected chi connectivity index (χ0v) is 14.1. The molecule has 0 unspecified atom stereocenters. The summed E-state index contributed by atoms with van der Waals surface area (Å²) in [5, 5.41) is 0. The zero-order valence-electron chi connectivity index (χ0n) is 14.1. The highest BCUT2D eigenvalue weighted by Gasteiger charge is 2.26. The maximum atomic E-state index is 12.7. The fourth-order valence-corrected chi connectivity index (χ4v) is 3.09. The first-order valence-corrected chi connectivity index (χ1v) is 8.14. The van der Waals surface area contributed by atoms with Crippen LogP contribution in [0.5, 0.6) is 11.5 Å². The molecule has 126 valence electrons. The van der Waals surface area contributed by atoms with Crippen LogP contribution in [0.15, 0.2) is 48.5 Å². The largest absolute Gasteiger partial charge is 0.493 e. The molecule has 5 nitrogen and oxygen atoms in total. The second-order valence-corrected chi connectivity index (χ2v) is 5.83. The van der Waals surface area contributed by atoms with E-state index in [4.69, 9.17) is 9.47 Å². The van der Waals surface area contributed by atoms with Gasteiger partial charge in [0.1, 0.15) is 5.69 Å². The van der Waals surface area contributed by atoms with E-state index in [9.17, 15) is 4.79 Å². The quantitative estimate of drug-likeness (QED) is 0.922. The molecule has 0 spiro atoms. The molecule has 24 heavy (non-hydrogen) atoms. The number of benzene rings is 2. The van der Waals surface area contributed by atoms with Crippen molar-refractivity contribution < 1.29 is 19.2 Å². The van der Waals surface area contributed by atoms with Crippen LogP contribution in [0.25, 0.3) is 0 Å². The Bertz CT molecular complexity index is 695. The van der Waals surface area contributed by atoms with Crippen LogP contribution in [0.2, 0.25) is 0 Å². The zero-order chi connectivity index (χ0) is 16.9. The van der Waals surface area contributed by atoms with Gasteiger partial charge >= 0.3 is 0 Å². The van der Waals surface area contributed by atoms with Crippen molar-refractivity contribution in [2.24, 2.45) is 0 Å². The summed E-state index contributed by atoms with van der Waals surface area (Å²) in [5.74, 6) is 1.26. The predicted molar refractivity (Wildman–Crippen MR) is 92.2 cm³/mol. The smallest absolute Gasteiger partial charge is 0.254 e. The third kappa shape index (κ3) is 3.36. The molecule has 0 aromatic heterocycles. The lowest BCUT2D eigenvalue weighted by Crippen LogP contribution is -3.10. The van der Waals surface area contributed by atoms with Gasteiger partial charge in [-0.05, 0) is 30.3 Å². The molecule has 2 aromatic rings. The fourth-order valence-electron chi connectivity index (χ4n) is 3.09. The summed E-state index contributed by atoms with van der Waals surface area (Å²) in [6.45, 7) is 3.33. The molecule has 0 aliphatic carbocycles. The Labute approximate surface area is 142 Å². The summed E-state index contributed by atoms with van der Waals surface area (Å²) >= 11 is 0. The normalized spacial score (nSPS) is 15.2. The number of ether oxygens (including phenoxy) is 2. The summed E-state index contributed by atoms with van der Waals surface area (Å²) in [4.78, 5) is 16.1. The number of hydrogen-bond acceptors (Lipinski definition) is 3. The molecule has 0 saturated carbocycles. The maximum Gasteiger partial charge on any atom is 0.254 e. The fraction of sp³-hybridized carbons (Fsp3) is 0.316. The van der Waals surface area contributed by atoms with Crippen LogP contribution in [0, 0.1) is 0 Å². The minimum atomic E-state index is 0.0445. The third-order valence-electron chi connectivity index (χ3n) is 4.47. The summed E-state index contributed by atoms with van der Waals surface area (Å²) < 4.78 is 10.5. The molecule has 1 heterocycles. The van der Waals surface area contributed by atoms with Gasteiger partial charge in [-0.1, -0.05) is 18.2 Å². The van der Waals surface area contributed by atoms with Gasteiger partial charge in [-0.15, -0.1) is 0 Å². The van der Waals surface area contributed by atoms with Crippen molar-refractivity contribution in [1.82, 2.24) is 4.90 Å². The van der Waals surface area contributed by atoms with E-state index in [0.29, 0.717) is 17.1 Å². The van der Waals surface area contributed by atoms with Gasteiger partial charge in [0.15, 0.2) is 11.5 Å². The standard InChI is InChI=1S/C19H22N2O3/c1-23-17-9-8-15(14-18(17)24-2)19(22)21-12-10-20(11-13-21)16-6-4-3-5-7-16/h3-9,14H,10-13H2,1-2H3/p+1. The molecule has 0 radical (unpaired) electrons. The predicted octanol–water partition coefficient (Wildman–Crippen LogP) is 1.38. The molecule has 2 aromatic carbocycles. The van der Waals surface area contributed by atoms with Gasteiger partial charge in [0, 0.05) is 5.56 Å². The number of hydrogen-bond donors (Lipinski definition) is 1. The number of nitrogens with one attached hydrogen (secondary N) is 1. The van der Waals surface area contributed by atoms with Crippen molar-refractivity contribution >= 4 is 11.6 Å². The first kappa shape index (κ1) is 16.3. The highest BCUT2D eigenvalue weighted by Crippen LogP contribution is 2.28. The lowest BCUT2D eigenvalue weighted by atomic mass is 10.1. The first-order valence-electron chi connectivity index (χ1n) is 8.14. The topological polar surface area (TPSA) is 43.2 Å². The molecule has 0 atom stereocenters. The Morgan fingerprint density at radius 3 is 2.25 bits per heavy atom. The molecule has 5 heteroatoms. The summed E-state index contributed by atoms with van der Waals surface area (Å²) in [5.41, 5.74) is 1.92. The minimum absolute atomic E-state index is 0.0445. The second-order valence-electron chi connectivity index (χ2n) is 5.83. The number of carbonyl (C=O) groups excluding carboxylic acids is 1. The number of carbonyl (C=O) groups is 1. The van der Waals surface area contributed by atoms with E-state index in [2.05, 4.69) is 24.3 Å². The van der Waals surface area contributed by atoms with Crippen molar-refractivity contribution in [1.29, 1.82) is 0 Å². The van der Waals surface area contributed by atoms with Crippen molar-refractivity contribution in [3.05, 3.63) is 54.1 Å². The van der Waals surface area contributed by atoms with Crippen LogP contribution in [-0.4, -0.2) is 51.2 Å². The van der Waals surface area contributed by atoms with E-state index in [0.717, 1.165) is 26.2 Å². The number of quaternary nitrogens is 1. The van der Waals surface area contributed by atoms with Gasteiger partial charge in [0.25, 0.3) is 5.91 Å². The van der Waals surface area contributed by atoms with Gasteiger partial charge in [-0.2, -0.15) is 0 Å². The van der Waals surface area contributed by atoms with Gasteiger partial charge in [-0.3, -0.25) is 9.69 Å². The number of para-hydroxylation sites is 1. The minimum Gasteiger partial charge on any atom is -0.493 e. The molecule has 1 aliphatic rings. The van der Waals surface area contributed by atoms with E-state index in [1.54, 1.807) is 32.4 Å². The monoisotopic (exact) mass is 327 g/mol. The van der Waals surface area contributed by atoms with Gasteiger partial charge < -0.3 is 14.4 Å². The molecule has 1 N–H and O–H groups in total. The van der Waals surface area contributed by atoms with Crippen LogP contribution in [0.3, 0.4) is 0 Å². The number of amides is 1. The number of piperazine rings is 1. The number of nitrogens with zero attached hydrogens (tertiary/aromatic N) is 1. The van der Waals surface area contributed by atoms with Crippen LogP contribution in [0.4, 0.5) is 5.69 Å². The Morgan fingerprint density at radius 1 is 0.958 bits per heavy atom. The Balaban J connectivity index is 1.67. The highest BCUT2D eigenvalue weighted by atomic mass is 16.5. The lowest BCUT2D eigenvalue weighted by molar-refractivity contribution is -0.837. The second kappa shape index (κ2) is 7.36. The molecule has 1 aliphatic heterocycles. The molecule has 3 rings (SSSR count). The van der Waals surface area contributed by atoms with E-state index in [1.807, 2.05) is 11.0 Å². The van der Waals surface area contributed by atoms with Crippen molar-refractivity contribution in [2.75, 3.05) is 40.4 Å². The molecular formula is C19H23N2O3+. The average molecular weight is 327 g/mol. The maximum absolute atomic E-state index is 12.7. The lowest BCUT2D eigenvalue weighted by Gasteiger charge is -2.32. The number of methoxy groups -OCH3 is 2. The van der Waals surface area contributed by atoms with Gasteiger partial charge in [0.05, 0.1) is 40.4 Å². The molecule has 1 amide bonds. The Morgan fingerprint density at radius 2 is 1.62 bits per heavy atom. The van der Waals surface area contributed by atoms with Crippen molar-refractivity contribution in [2.45, 2.75) is 0 Å². The van der Waals surface area contributed by atoms with Crippen LogP contribution in [0.1, 0.15) is 10.4 Å². The van der Waals surface area contributed by atoms with Crippen LogP contribution < -0.4 is 14.4 Å². The molecular weight excluding hydrogens is 304 g/mol. The van der Waals surface area contributed by atoms with Gasteiger partial charge in [0.2, 0.25) is 0 Å². The SMILES string of the molecule is COc1ccc(C(=O)N2CC[NH+](c3ccccc3)CC2)cc1OC. The Hall–Kier alpha value is -2.53. The summed E-state index contributed by atoms with van der Waals surface area (Å²) in [6, 6.07) is 15.7. The third-order valence-corrected chi connectivity index (χ3v) is 4.47. The summed E-state index contributed by atoms with van der Waals surface area (Å²) in [6.07, 6.45) is 0. The first-order chi connectivity index (χ1) is 11.7. The van der Waals surface area contributed by atoms with Crippen LogP contribution >= 0.6 is 0 Å². The van der Waals surface area contributed by atoms with E-state index >= 15 is 0 Å². The van der Waals surface area contributed by atoms with E-state index in [1.165, 1.54) is 10.6 Å². The molecule has 0 bridgehead atoms. The highest BCUT2D eigenvalue weighted by molar-refractivity contribution is 5.95. The van der Waals surface area contributed by atoms with E-state index < -0.39 is 0 Å². The average Bonchev–Trinajstić information content (AvgIpc) is 2.67. The number of rotatable bonds is 4. The van der Waals surface area contributed by atoms with E-state index in [-0.39, 0.29) is 5.91 Å². The Kier molecular flexibility index (Phi) is 5.01. The van der Waals surface area contributed by atoms with Crippen molar-refractivity contribution in [3.8, 4) is 11.5 Å².